The molecule has 0 heterocycles. The molecule has 1 atom stereocenters. The molecule has 1 aliphatic rings. The normalized spacial score (nSPS) is 13.8. The number of nitrogens with zero attached hydrogens (tertiary/aromatic N) is 1. The third-order valence-corrected chi connectivity index (χ3v) is 7.31. The van der Waals surface area contributed by atoms with Gasteiger partial charge in [-0.2, -0.15) is 0 Å². The Morgan fingerprint density at radius 1 is 1.08 bits per heavy atom. The van der Waals surface area contributed by atoms with Crippen molar-refractivity contribution >= 4 is 17.7 Å². The summed E-state index contributed by atoms with van der Waals surface area (Å²) in [6.45, 7) is -0.278. The molecule has 0 spiro atoms. The van der Waals surface area contributed by atoms with E-state index < -0.39 is 17.8 Å². The maximum atomic E-state index is 14.3. The highest BCUT2D eigenvalue weighted by Gasteiger charge is 2.30. The van der Waals surface area contributed by atoms with Gasteiger partial charge in [-0.05, 0) is 77.7 Å². The van der Waals surface area contributed by atoms with Gasteiger partial charge in [0.05, 0.1) is 32.3 Å². The number of ether oxygens (including phenoxy) is 3. The lowest BCUT2D eigenvalue weighted by atomic mass is 9.95. The summed E-state index contributed by atoms with van der Waals surface area (Å²) in [7, 11) is 4.58. The van der Waals surface area contributed by atoms with Gasteiger partial charge >= 0.3 is 0 Å². The van der Waals surface area contributed by atoms with Crippen molar-refractivity contribution in [1.29, 1.82) is 0 Å². The first-order chi connectivity index (χ1) is 18.8. The minimum Gasteiger partial charge on any atom is -0.493 e. The minimum atomic E-state index is -0.664. The summed E-state index contributed by atoms with van der Waals surface area (Å²) in [6.07, 6.45) is 2.75. The molecule has 1 N–H and O–H groups in total. The molecule has 1 amide bonds. The Kier molecular flexibility index (Phi) is 8.70. The van der Waals surface area contributed by atoms with E-state index in [1.807, 2.05) is 18.4 Å². The van der Waals surface area contributed by atoms with Crippen molar-refractivity contribution in [2.75, 3.05) is 27.6 Å². The molecule has 4 rings (SSSR count). The molecule has 0 radical (unpaired) electrons. The van der Waals surface area contributed by atoms with Gasteiger partial charge in [0.15, 0.2) is 22.3 Å². The Hall–Kier alpha value is -4.12. The van der Waals surface area contributed by atoms with Crippen LogP contribution in [0.2, 0.25) is 0 Å². The Bertz CT molecular complexity index is 1480. The molecule has 204 valence electrons. The van der Waals surface area contributed by atoms with Gasteiger partial charge in [-0.1, -0.05) is 6.07 Å². The number of halogens is 1. The number of amides is 1. The summed E-state index contributed by atoms with van der Waals surface area (Å²) < 4.78 is 31.2. The van der Waals surface area contributed by atoms with Crippen LogP contribution >= 0.6 is 11.8 Å². The van der Waals surface area contributed by atoms with Crippen LogP contribution in [0.15, 0.2) is 57.5 Å². The van der Waals surface area contributed by atoms with Crippen molar-refractivity contribution in [2.24, 2.45) is 5.34 Å². The van der Waals surface area contributed by atoms with Crippen molar-refractivity contribution in [3.8, 4) is 28.4 Å². The van der Waals surface area contributed by atoms with E-state index in [0.717, 1.165) is 23.3 Å². The Morgan fingerprint density at radius 2 is 1.85 bits per heavy atom. The van der Waals surface area contributed by atoms with E-state index in [1.165, 1.54) is 45.2 Å². The average Bonchev–Trinajstić information content (AvgIpc) is 3.18. The zero-order valence-electron chi connectivity index (χ0n) is 21.8. The van der Waals surface area contributed by atoms with Crippen LogP contribution in [0.1, 0.15) is 39.5 Å². The molecule has 1 aliphatic carbocycles. The van der Waals surface area contributed by atoms with Gasteiger partial charge in [0.1, 0.15) is 12.4 Å². The van der Waals surface area contributed by atoms with Gasteiger partial charge in [-0.3, -0.25) is 9.59 Å². The van der Waals surface area contributed by atoms with Crippen LogP contribution in [0.3, 0.4) is 0 Å². The molecule has 11 heteroatoms. The van der Waals surface area contributed by atoms with Crippen molar-refractivity contribution < 1.29 is 28.2 Å². The van der Waals surface area contributed by atoms with Gasteiger partial charge < -0.3 is 24.4 Å². The van der Waals surface area contributed by atoms with E-state index in [1.54, 1.807) is 6.07 Å². The summed E-state index contributed by atoms with van der Waals surface area (Å²) in [5.74, 6) is 0.130. The molecule has 0 bridgehead atoms. The number of fused-ring (bicyclic) bond motifs is 3. The first kappa shape index (κ1) is 27.9. The fraction of sp³-hybridized carbons (Fsp3) is 0.286. The maximum Gasteiger partial charge on any atom is 0.251 e. The minimum absolute atomic E-state index is 0.0381. The fourth-order valence-electron chi connectivity index (χ4n) is 4.82. The van der Waals surface area contributed by atoms with E-state index >= 15 is 0 Å². The van der Waals surface area contributed by atoms with Gasteiger partial charge in [0, 0.05) is 11.1 Å². The van der Waals surface area contributed by atoms with Crippen LogP contribution in [-0.2, 0) is 17.9 Å². The molecule has 3 aromatic carbocycles. The number of carbonyl (C=O) groups excluding carboxylic acids is 1. The molecule has 39 heavy (non-hydrogen) atoms. The third-order valence-electron chi connectivity index (χ3n) is 6.53. The number of carbonyl (C=O) groups is 1. The van der Waals surface area contributed by atoms with Crippen LogP contribution in [0.4, 0.5) is 4.39 Å². The zero-order chi connectivity index (χ0) is 28.1. The van der Waals surface area contributed by atoms with Crippen LogP contribution in [0, 0.1) is 10.7 Å². The van der Waals surface area contributed by atoms with E-state index in [9.17, 15) is 18.9 Å². The predicted molar refractivity (Wildman–Crippen MR) is 145 cm³/mol. The average molecular weight is 555 g/mol. The quantitative estimate of drug-likeness (QED) is 0.218. The second kappa shape index (κ2) is 12.2. The summed E-state index contributed by atoms with van der Waals surface area (Å²) >= 11 is 1.32. The van der Waals surface area contributed by atoms with Gasteiger partial charge in [0.25, 0.3) is 5.91 Å². The molecule has 0 unspecified atom stereocenters. The van der Waals surface area contributed by atoms with Crippen LogP contribution < -0.4 is 25.0 Å². The number of methoxy groups -OCH3 is 3. The first-order valence-electron chi connectivity index (χ1n) is 11.9. The van der Waals surface area contributed by atoms with Gasteiger partial charge in [-0.15, -0.1) is 16.7 Å². The van der Waals surface area contributed by atoms with Crippen LogP contribution in [0.25, 0.3) is 11.1 Å². The summed E-state index contributed by atoms with van der Waals surface area (Å²) in [4.78, 5) is 41.8. The van der Waals surface area contributed by atoms with Gasteiger partial charge in [-0.25, -0.2) is 4.39 Å². The van der Waals surface area contributed by atoms with Crippen LogP contribution in [-0.4, -0.2) is 33.5 Å². The molecule has 0 aromatic heterocycles. The Morgan fingerprint density at radius 3 is 2.51 bits per heavy atom. The molecule has 0 aliphatic heterocycles. The lowest BCUT2D eigenvalue weighted by molar-refractivity contribution is 0.0933. The highest BCUT2D eigenvalue weighted by atomic mass is 32.2. The molecule has 0 fully saturated rings. The largest absolute Gasteiger partial charge is 0.493 e. The summed E-state index contributed by atoms with van der Waals surface area (Å²) in [5.41, 5.74) is 3.01. The molecular weight excluding hydrogens is 527 g/mol. The first-order valence-corrected chi connectivity index (χ1v) is 13.2. The van der Waals surface area contributed by atoms with E-state index in [-0.39, 0.29) is 23.2 Å². The van der Waals surface area contributed by atoms with Crippen molar-refractivity contribution in [3.05, 3.63) is 85.7 Å². The summed E-state index contributed by atoms with van der Waals surface area (Å²) in [5, 5.41) is 5.29. The van der Waals surface area contributed by atoms with E-state index in [4.69, 9.17) is 14.2 Å². The fourth-order valence-corrected chi connectivity index (χ4v) is 5.29. The maximum absolute atomic E-state index is 14.3. The molecule has 0 saturated carbocycles. The number of benzene rings is 2. The highest BCUT2D eigenvalue weighted by molar-refractivity contribution is 7.98. The smallest absolute Gasteiger partial charge is 0.251 e. The number of nitrogens with one attached hydrogen (secondary N) is 1. The highest BCUT2D eigenvalue weighted by Crippen LogP contribution is 2.50. The second-order valence-corrected chi connectivity index (χ2v) is 9.57. The van der Waals surface area contributed by atoms with Crippen molar-refractivity contribution in [3.63, 3.8) is 0 Å². The predicted octanol–water partition coefficient (Wildman–Crippen LogP) is 5.22. The lowest BCUT2D eigenvalue weighted by Crippen LogP contribution is -2.29. The Labute approximate surface area is 228 Å². The lowest BCUT2D eigenvalue weighted by Gasteiger charge is -2.20. The topological polar surface area (TPSA) is 113 Å². The Balaban J connectivity index is 1.87. The standard InChI is InChI=1S/C28H27FN2O7S/c1-35-23-12-16-5-7-21(30-28(33)17-9-15(14-38-31-34)10-18(29)11-17)20-13-22(32)24(39-4)8-6-19(20)25(16)27(37-3)26(23)36-2/h6,8-13,21H,5,7,14H2,1-4H3,(H,30,33)/t21-/m0/s1. The number of hydrogen-bond donors (Lipinski definition) is 1. The zero-order valence-corrected chi connectivity index (χ0v) is 22.6. The van der Waals surface area contributed by atoms with Crippen molar-refractivity contribution in [1.82, 2.24) is 5.32 Å². The molecule has 9 nitrogen and oxygen atoms in total. The molecule has 3 aromatic rings. The SMILES string of the molecule is COc1cc2c(c(OC)c1OC)-c1ccc(SC)c(=O)cc1[C@@H](NC(=O)c1cc(F)cc(CON=O)c1)CC2. The summed E-state index contributed by atoms with van der Waals surface area (Å²) in [6, 6.07) is 10.0. The van der Waals surface area contributed by atoms with Crippen molar-refractivity contribution in [2.45, 2.75) is 30.4 Å². The monoisotopic (exact) mass is 554 g/mol. The number of rotatable bonds is 9. The molecule has 0 saturated heterocycles. The number of hydrogen-bond acceptors (Lipinski definition) is 9. The van der Waals surface area contributed by atoms with Gasteiger partial charge in [0.2, 0.25) is 5.75 Å². The van der Waals surface area contributed by atoms with E-state index in [2.05, 4.69) is 15.5 Å². The third kappa shape index (κ3) is 5.68. The number of aryl methyl sites for hydroxylation is 1. The molecular formula is C28H27FN2O7S. The van der Waals surface area contributed by atoms with E-state index in [0.29, 0.717) is 46.1 Å². The van der Waals surface area contributed by atoms with Crippen LogP contribution in [0.5, 0.6) is 17.2 Å². The number of thioether (sulfide) groups is 1. The second-order valence-electron chi connectivity index (χ2n) is 8.72.